The van der Waals surface area contributed by atoms with Gasteiger partial charge in [0.15, 0.2) is 0 Å². The van der Waals surface area contributed by atoms with Crippen LogP contribution in [0.15, 0.2) is 97.1 Å². The molecule has 0 aliphatic heterocycles. The molecular weight excluding hydrogens is 1120 g/mol. The minimum absolute atomic E-state index is 0.0168. The van der Waals surface area contributed by atoms with Gasteiger partial charge in [-0.15, -0.1) is 0 Å². The van der Waals surface area contributed by atoms with Gasteiger partial charge in [-0.2, -0.15) is 0 Å². The highest BCUT2D eigenvalue weighted by molar-refractivity contribution is 5.89. The van der Waals surface area contributed by atoms with Crippen LogP contribution in [0, 0.1) is 0 Å². The van der Waals surface area contributed by atoms with Crippen LogP contribution in [-0.2, 0) is 89.5 Å². The third-order valence-electron chi connectivity index (χ3n) is 15.1. The molecule has 4 N–H and O–H groups in total. The largest absolute Gasteiger partial charge is 0.489 e. The summed E-state index contributed by atoms with van der Waals surface area (Å²) in [6.07, 6.45) is 12.1. The smallest absolute Gasteiger partial charge is 0.333 e. The molecule has 88 heavy (non-hydrogen) atoms. The van der Waals surface area contributed by atoms with Gasteiger partial charge < -0.3 is 58.3 Å². The van der Waals surface area contributed by atoms with Crippen molar-refractivity contribution in [2.45, 2.75) is 156 Å². The SMILES string of the molecule is C=C(CCO)C(=O)OCCOc1c2cc(CCCC)cc1Cc1cc(CCCC)cc(c1OCCOC(=O)C(=C)CCO)Cc1cc(CCCC)cc(c1OCCOC(=O)C(=C)CCO)Cc1cc(CCCC)cc(c1OCCOC(=O)C(=C)CCO)C2. The van der Waals surface area contributed by atoms with E-state index < -0.39 is 23.9 Å². The van der Waals surface area contributed by atoms with Crippen LogP contribution in [0.4, 0.5) is 0 Å². The Hall–Kier alpha value is -7.24. The second-order valence-electron chi connectivity index (χ2n) is 22.3. The molecule has 0 heterocycles. The Morgan fingerprint density at radius 2 is 0.511 bits per heavy atom. The highest BCUT2D eigenvalue weighted by Gasteiger charge is 2.26. The molecule has 0 radical (unpaired) electrons. The topological polar surface area (TPSA) is 223 Å². The lowest BCUT2D eigenvalue weighted by Crippen LogP contribution is -2.17. The molecule has 8 bridgehead atoms. The summed E-state index contributed by atoms with van der Waals surface area (Å²) in [5.74, 6) is -0.156. The van der Waals surface area contributed by atoms with Crippen LogP contribution < -0.4 is 18.9 Å². The first-order valence-corrected chi connectivity index (χ1v) is 31.5. The fourth-order valence-electron chi connectivity index (χ4n) is 10.5. The van der Waals surface area contributed by atoms with E-state index in [1.54, 1.807) is 0 Å². The van der Waals surface area contributed by atoms with Crippen LogP contribution in [0.3, 0.4) is 0 Å². The van der Waals surface area contributed by atoms with Crippen molar-refractivity contribution in [1.82, 2.24) is 0 Å². The zero-order chi connectivity index (χ0) is 63.8. The maximum Gasteiger partial charge on any atom is 0.333 e. The van der Waals surface area contributed by atoms with Crippen molar-refractivity contribution >= 4 is 23.9 Å². The molecule has 1 aliphatic rings. The van der Waals surface area contributed by atoms with E-state index in [9.17, 15) is 39.6 Å². The summed E-state index contributed by atoms with van der Waals surface area (Å²) in [6.45, 7) is 22.4. The minimum atomic E-state index is -0.627. The first-order chi connectivity index (χ1) is 42.6. The Labute approximate surface area is 521 Å². The summed E-state index contributed by atoms with van der Waals surface area (Å²) >= 11 is 0. The number of fused-ring (bicyclic) bond motifs is 8. The normalized spacial score (nSPS) is 11.7. The number of hydrogen-bond donors (Lipinski definition) is 4. The number of benzene rings is 4. The van der Waals surface area contributed by atoms with Crippen molar-refractivity contribution in [1.29, 1.82) is 0 Å². The number of carbonyl (C=O) groups excluding carboxylic acids is 4. The fraction of sp³-hybridized carbons (Fsp3) is 0.500. The zero-order valence-electron chi connectivity index (χ0n) is 52.8. The molecule has 16 heteroatoms. The molecule has 0 fully saturated rings. The Bertz CT molecular complexity index is 2500. The van der Waals surface area contributed by atoms with Crippen molar-refractivity contribution < 1.29 is 77.5 Å². The number of carbonyl (C=O) groups is 4. The maximum atomic E-state index is 13.0. The average molecular weight is 1220 g/mol. The van der Waals surface area contributed by atoms with Crippen molar-refractivity contribution in [3.63, 3.8) is 0 Å². The van der Waals surface area contributed by atoms with Crippen LogP contribution in [0.1, 0.15) is 172 Å². The van der Waals surface area contributed by atoms with Crippen molar-refractivity contribution in [2.24, 2.45) is 0 Å². The zero-order valence-corrected chi connectivity index (χ0v) is 52.8. The predicted octanol–water partition coefficient (Wildman–Crippen LogP) is 11.2. The maximum absolute atomic E-state index is 13.0. The molecule has 0 spiro atoms. The van der Waals surface area contributed by atoms with E-state index in [-0.39, 0.29) is 127 Å². The Balaban J connectivity index is 1.89. The number of aryl methyl sites for hydroxylation is 4. The molecule has 0 aromatic heterocycles. The molecule has 1 aliphatic carbocycles. The number of aliphatic hydroxyl groups is 4. The first-order valence-electron chi connectivity index (χ1n) is 31.5. The molecule has 0 saturated carbocycles. The van der Waals surface area contributed by atoms with E-state index in [1.807, 2.05) is 0 Å². The second kappa shape index (κ2) is 38.9. The third-order valence-corrected chi connectivity index (χ3v) is 15.1. The summed E-state index contributed by atoms with van der Waals surface area (Å²) in [5, 5.41) is 38.1. The van der Waals surface area contributed by atoms with E-state index in [2.05, 4.69) is 103 Å². The van der Waals surface area contributed by atoms with Crippen LogP contribution >= 0.6 is 0 Å². The lowest BCUT2D eigenvalue weighted by atomic mass is 9.87. The summed E-state index contributed by atoms with van der Waals surface area (Å²) in [4.78, 5) is 52.0. The number of unbranched alkanes of at least 4 members (excludes halogenated alkanes) is 4. The van der Waals surface area contributed by atoms with Gasteiger partial charge in [0, 0.05) is 100 Å². The Kier molecular flexibility index (Phi) is 31.6. The van der Waals surface area contributed by atoms with E-state index in [1.165, 1.54) is 0 Å². The van der Waals surface area contributed by atoms with E-state index >= 15 is 0 Å². The van der Waals surface area contributed by atoms with Gasteiger partial charge in [0.25, 0.3) is 0 Å². The lowest BCUT2D eigenvalue weighted by Gasteiger charge is -2.25. The van der Waals surface area contributed by atoms with Crippen LogP contribution in [0.25, 0.3) is 0 Å². The van der Waals surface area contributed by atoms with Crippen LogP contribution in [-0.4, -0.2) is 124 Å². The number of rotatable bonds is 40. The molecule has 16 nitrogen and oxygen atoms in total. The monoisotopic (exact) mass is 1220 g/mol. The van der Waals surface area contributed by atoms with E-state index in [0.717, 1.165) is 144 Å². The molecule has 0 saturated heterocycles. The van der Waals surface area contributed by atoms with Gasteiger partial charge >= 0.3 is 23.9 Å². The quantitative estimate of drug-likeness (QED) is 0.0124. The number of esters is 4. The molecule has 4 aromatic rings. The van der Waals surface area contributed by atoms with E-state index in [4.69, 9.17) is 37.9 Å². The number of ether oxygens (including phenoxy) is 8. The molecule has 0 unspecified atom stereocenters. The summed E-state index contributed by atoms with van der Waals surface area (Å²) < 4.78 is 50.3. The van der Waals surface area contributed by atoms with Gasteiger partial charge in [-0.1, -0.05) is 128 Å². The molecule has 480 valence electrons. The lowest BCUT2D eigenvalue weighted by molar-refractivity contribution is -0.140. The molecule has 0 atom stereocenters. The van der Waals surface area contributed by atoms with Gasteiger partial charge in [-0.25, -0.2) is 19.2 Å². The standard InChI is InChI=1S/C72H96O16/c1-9-13-17-53-37-57-45-59-39-54(18-14-10-2)41-61(66(59)82-30-34-86-70(78)50(6)22-26-74)47-63-43-56(20-16-12-4)44-64(68(63)84-32-36-88-72(80)52(8)24-28-76)48-62-42-55(19-15-11-3)40-60(67(62)83-31-35-87-71(79)51(7)23-27-75)46-58(38-53)65(57)81-29-33-85-69(77)49(5)21-25-73/h37-44,73-76H,5-36,45-48H2,1-4H3. The molecule has 4 aromatic carbocycles. The number of aliphatic hydroxyl groups excluding tert-OH is 4. The van der Waals surface area contributed by atoms with Gasteiger partial charge in [-0.3, -0.25) is 0 Å². The summed E-state index contributed by atoms with van der Waals surface area (Å²) in [5.41, 5.74) is 11.8. The number of hydrogen-bond acceptors (Lipinski definition) is 16. The fourth-order valence-corrected chi connectivity index (χ4v) is 10.5. The Morgan fingerprint density at radius 1 is 0.330 bits per heavy atom. The van der Waals surface area contributed by atoms with E-state index in [0.29, 0.717) is 48.7 Å². The summed E-state index contributed by atoms with van der Waals surface area (Å²) in [7, 11) is 0. The van der Waals surface area contributed by atoms with Crippen molar-refractivity contribution in [3.05, 3.63) is 164 Å². The van der Waals surface area contributed by atoms with Gasteiger partial charge in [0.1, 0.15) is 75.9 Å². The van der Waals surface area contributed by atoms with Gasteiger partial charge in [-0.05, 0) is 118 Å². The average Bonchev–Trinajstić information content (AvgIpc) is 1.11. The molecule has 5 rings (SSSR count). The highest BCUT2D eigenvalue weighted by Crippen LogP contribution is 2.42. The third kappa shape index (κ3) is 22.7. The Morgan fingerprint density at radius 3 is 0.670 bits per heavy atom. The second-order valence-corrected chi connectivity index (χ2v) is 22.3. The molecule has 0 amide bonds. The first kappa shape index (κ1) is 71.5. The predicted molar refractivity (Wildman–Crippen MR) is 341 cm³/mol. The van der Waals surface area contributed by atoms with Gasteiger partial charge in [0.2, 0.25) is 0 Å². The molecular formula is C72H96O16. The highest BCUT2D eigenvalue weighted by atomic mass is 16.6. The van der Waals surface area contributed by atoms with Crippen molar-refractivity contribution in [2.75, 3.05) is 79.3 Å². The van der Waals surface area contributed by atoms with Crippen LogP contribution in [0.2, 0.25) is 0 Å². The van der Waals surface area contributed by atoms with Gasteiger partial charge in [0.05, 0.1) is 0 Å². The minimum Gasteiger partial charge on any atom is -0.489 e. The summed E-state index contributed by atoms with van der Waals surface area (Å²) in [6, 6.07) is 17.5. The van der Waals surface area contributed by atoms with Crippen molar-refractivity contribution in [3.8, 4) is 23.0 Å². The van der Waals surface area contributed by atoms with Crippen LogP contribution in [0.5, 0.6) is 23.0 Å².